The van der Waals surface area contributed by atoms with Crippen LogP contribution in [-0.2, 0) is 4.79 Å². The van der Waals surface area contributed by atoms with Crippen molar-refractivity contribution in [2.75, 3.05) is 20.1 Å². The summed E-state index contributed by atoms with van der Waals surface area (Å²) in [6.07, 6.45) is 3.43. The summed E-state index contributed by atoms with van der Waals surface area (Å²) >= 11 is 6.05. The van der Waals surface area contributed by atoms with Crippen molar-refractivity contribution in [3.63, 3.8) is 0 Å². The molecule has 25 heavy (non-hydrogen) atoms. The average Bonchev–Trinajstić information content (AvgIpc) is 3.05. The van der Waals surface area contributed by atoms with E-state index in [1.165, 1.54) is 0 Å². The van der Waals surface area contributed by atoms with E-state index in [9.17, 15) is 9.59 Å². The van der Waals surface area contributed by atoms with Crippen molar-refractivity contribution < 1.29 is 9.59 Å². The minimum Gasteiger partial charge on any atom is -0.352 e. The van der Waals surface area contributed by atoms with Crippen molar-refractivity contribution in [1.82, 2.24) is 26.4 Å². The summed E-state index contributed by atoms with van der Waals surface area (Å²) in [6.45, 7) is 1.93. The van der Waals surface area contributed by atoms with Crippen molar-refractivity contribution in [1.29, 1.82) is 0 Å². The minimum absolute atomic E-state index is 0.159. The van der Waals surface area contributed by atoms with Gasteiger partial charge in [-0.05, 0) is 45.1 Å². The Morgan fingerprint density at radius 3 is 2.68 bits per heavy atom. The molecule has 0 radical (unpaired) electrons. The molecule has 8 heteroatoms. The standard InChI is InChI=1S/C17H22ClN5O2/c1-23-8-6-11(7-9-23)20-17(25)15-14(10-19-22-15)21-16(24)12-4-2-3-5-13(12)18/h2-5,10-11,15,19,22H,6-9H2,1H3,(H,20,25)(H,21,24). The smallest absolute Gasteiger partial charge is 0.257 e. The Hall–Kier alpha value is -2.09. The molecule has 4 N–H and O–H groups in total. The predicted molar refractivity (Wildman–Crippen MR) is 95.7 cm³/mol. The second kappa shape index (κ2) is 7.86. The molecule has 1 saturated heterocycles. The molecule has 1 aromatic rings. The minimum atomic E-state index is -0.647. The van der Waals surface area contributed by atoms with Crippen molar-refractivity contribution in [2.45, 2.75) is 24.9 Å². The number of hydrazine groups is 1. The van der Waals surface area contributed by atoms with Crippen LogP contribution in [0.1, 0.15) is 23.2 Å². The van der Waals surface area contributed by atoms with Crippen molar-refractivity contribution in [3.8, 4) is 0 Å². The fraction of sp³-hybridized carbons (Fsp3) is 0.412. The molecule has 0 saturated carbocycles. The number of nitrogens with one attached hydrogen (secondary N) is 4. The third-order valence-corrected chi connectivity index (χ3v) is 4.80. The van der Waals surface area contributed by atoms with Gasteiger partial charge in [-0.1, -0.05) is 23.7 Å². The van der Waals surface area contributed by atoms with E-state index < -0.39 is 6.04 Å². The zero-order valence-electron chi connectivity index (χ0n) is 14.0. The van der Waals surface area contributed by atoms with Crippen LogP contribution in [0.4, 0.5) is 0 Å². The molecule has 1 unspecified atom stereocenters. The maximum Gasteiger partial charge on any atom is 0.257 e. The summed E-state index contributed by atoms with van der Waals surface area (Å²) in [4.78, 5) is 27.2. The molecular weight excluding hydrogens is 342 g/mol. The van der Waals surface area contributed by atoms with Gasteiger partial charge in [-0.25, -0.2) is 5.43 Å². The summed E-state index contributed by atoms with van der Waals surface area (Å²) in [5.74, 6) is -0.510. The van der Waals surface area contributed by atoms with Crippen molar-refractivity contribution in [2.24, 2.45) is 0 Å². The van der Waals surface area contributed by atoms with Crippen molar-refractivity contribution in [3.05, 3.63) is 46.7 Å². The molecule has 2 aliphatic rings. The maximum atomic E-state index is 12.5. The number of rotatable bonds is 4. The number of hydrogen-bond acceptors (Lipinski definition) is 5. The van der Waals surface area contributed by atoms with Crippen LogP contribution in [0, 0.1) is 0 Å². The van der Waals surface area contributed by atoms with Crippen LogP contribution in [0.2, 0.25) is 5.02 Å². The lowest BCUT2D eigenvalue weighted by Gasteiger charge is -2.30. The Morgan fingerprint density at radius 2 is 1.96 bits per heavy atom. The first-order valence-corrected chi connectivity index (χ1v) is 8.68. The van der Waals surface area contributed by atoms with Crippen LogP contribution >= 0.6 is 11.6 Å². The summed E-state index contributed by atoms with van der Waals surface area (Å²) in [6, 6.07) is 6.30. The number of carbonyl (C=O) groups is 2. The monoisotopic (exact) mass is 363 g/mol. The van der Waals surface area contributed by atoms with Gasteiger partial charge in [-0.3, -0.25) is 9.59 Å². The Balaban J connectivity index is 1.59. The summed E-state index contributed by atoms with van der Waals surface area (Å²) in [5.41, 5.74) is 6.49. The van der Waals surface area contributed by atoms with Gasteiger partial charge >= 0.3 is 0 Å². The molecule has 0 aliphatic carbocycles. The predicted octanol–water partition coefficient (Wildman–Crippen LogP) is 0.598. The first kappa shape index (κ1) is 17.7. The Bertz CT molecular complexity index is 685. The highest BCUT2D eigenvalue weighted by molar-refractivity contribution is 6.33. The number of carbonyl (C=O) groups excluding carboxylic acids is 2. The normalized spacial score (nSPS) is 21.4. The maximum absolute atomic E-state index is 12.5. The summed E-state index contributed by atoms with van der Waals surface area (Å²) in [7, 11) is 2.07. The molecule has 0 aromatic heterocycles. The number of amides is 2. The van der Waals surface area contributed by atoms with Crippen LogP contribution < -0.4 is 21.5 Å². The van der Waals surface area contributed by atoms with Gasteiger partial charge in [0.15, 0.2) is 0 Å². The van der Waals surface area contributed by atoms with Crippen LogP contribution in [0.3, 0.4) is 0 Å². The lowest BCUT2D eigenvalue weighted by molar-refractivity contribution is -0.123. The molecule has 0 bridgehead atoms. The van der Waals surface area contributed by atoms with E-state index in [0.717, 1.165) is 25.9 Å². The van der Waals surface area contributed by atoms with Crippen LogP contribution in [0.15, 0.2) is 36.2 Å². The lowest BCUT2D eigenvalue weighted by Crippen LogP contribution is -2.52. The SMILES string of the molecule is CN1CCC(NC(=O)C2NNC=C2NC(=O)c2ccccc2Cl)CC1. The largest absolute Gasteiger partial charge is 0.352 e. The molecule has 7 nitrogen and oxygen atoms in total. The van der Waals surface area contributed by atoms with Gasteiger partial charge in [0.25, 0.3) is 5.91 Å². The zero-order chi connectivity index (χ0) is 17.8. The van der Waals surface area contributed by atoms with E-state index in [-0.39, 0.29) is 17.9 Å². The quantitative estimate of drug-likeness (QED) is 0.629. The molecule has 1 fully saturated rings. The number of benzene rings is 1. The fourth-order valence-electron chi connectivity index (χ4n) is 2.96. The number of likely N-dealkylation sites (tertiary alicyclic amines) is 1. The molecule has 0 spiro atoms. The molecular formula is C17H22ClN5O2. The van der Waals surface area contributed by atoms with Gasteiger partial charge in [0.1, 0.15) is 6.04 Å². The van der Waals surface area contributed by atoms with E-state index >= 15 is 0 Å². The number of piperidine rings is 1. The van der Waals surface area contributed by atoms with E-state index in [0.29, 0.717) is 16.3 Å². The molecule has 1 aromatic carbocycles. The summed E-state index contributed by atoms with van der Waals surface area (Å²) < 4.78 is 0. The molecule has 134 valence electrons. The van der Waals surface area contributed by atoms with E-state index in [2.05, 4.69) is 33.4 Å². The second-order valence-corrected chi connectivity index (χ2v) is 6.75. The van der Waals surface area contributed by atoms with Gasteiger partial charge in [0, 0.05) is 12.2 Å². The highest BCUT2D eigenvalue weighted by Crippen LogP contribution is 2.16. The van der Waals surface area contributed by atoms with Gasteiger partial charge in [-0.15, -0.1) is 0 Å². The van der Waals surface area contributed by atoms with Crippen molar-refractivity contribution >= 4 is 23.4 Å². The third kappa shape index (κ3) is 4.31. The van der Waals surface area contributed by atoms with Gasteiger partial charge in [0.05, 0.1) is 16.3 Å². The van der Waals surface area contributed by atoms with Crippen LogP contribution in [-0.4, -0.2) is 48.9 Å². The van der Waals surface area contributed by atoms with E-state index in [1.54, 1.807) is 30.5 Å². The fourth-order valence-corrected chi connectivity index (χ4v) is 3.18. The third-order valence-electron chi connectivity index (χ3n) is 4.47. The lowest BCUT2D eigenvalue weighted by atomic mass is 10.0. The Labute approximate surface area is 151 Å². The zero-order valence-corrected chi connectivity index (χ0v) is 14.8. The molecule has 1 atom stereocenters. The number of nitrogens with zero attached hydrogens (tertiary/aromatic N) is 1. The Kier molecular flexibility index (Phi) is 5.57. The highest BCUT2D eigenvalue weighted by Gasteiger charge is 2.30. The first-order chi connectivity index (χ1) is 12.0. The summed E-state index contributed by atoms with van der Waals surface area (Å²) in [5, 5.41) is 6.17. The van der Waals surface area contributed by atoms with Crippen LogP contribution in [0.5, 0.6) is 0 Å². The highest BCUT2D eigenvalue weighted by atomic mass is 35.5. The van der Waals surface area contributed by atoms with E-state index in [1.807, 2.05) is 0 Å². The Morgan fingerprint density at radius 1 is 1.24 bits per heavy atom. The molecule has 3 rings (SSSR count). The average molecular weight is 364 g/mol. The number of hydrogen-bond donors (Lipinski definition) is 4. The van der Waals surface area contributed by atoms with E-state index in [4.69, 9.17) is 11.6 Å². The van der Waals surface area contributed by atoms with Gasteiger partial charge in [0.2, 0.25) is 5.91 Å². The molecule has 2 amide bonds. The van der Waals surface area contributed by atoms with Gasteiger partial charge < -0.3 is 21.0 Å². The first-order valence-electron chi connectivity index (χ1n) is 8.30. The second-order valence-electron chi connectivity index (χ2n) is 6.34. The topological polar surface area (TPSA) is 85.5 Å². The van der Waals surface area contributed by atoms with Crippen LogP contribution in [0.25, 0.3) is 0 Å². The van der Waals surface area contributed by atoms with Gasteiger partial charge in [-0.2, -0.15) is 0 Å². The molecule has 2 heterocycles. The number of halogens is 1. The molecule has 2 aliphatic heterocycles.